The highest BCUT2D eigenvalue weighted by molar-refractivity contribution is 5.81. The molecule has 3 unspecified atom stereocenters. The molecule has 194 valence electrons. The lowest BCUT2D eigenvalue weighted by Crippen LogP contribution is -2.34. The zero-order valence-corrected chi connectivity index (χ0v) is 20.2. The summed E-state index contributed by atoms with van der Waals surface area (Å²) < 4.78 is 43.6. The predicted octanol–water partition coefficient (Wildman–Crippen LogP) is 6.06. The van der Waals surface area contributed by atoms with E-state index in [9.17, 15) is 23.1 Å². The van der Waals surface area contributed by atoms with Gasteiger partial charge >= 0.3 is 12.3 Å². The van der Waals surface area contributed by atoms with E-state index in [4.69, 9.17) is 10.1 Å². The molecule has 1 heterocycles. The zero-order chi connectivity index (χ0) is 26.1. The summed E-state index contributed by atoms with van der Waals surface area (Å²) in [7, 11) is 0. The molecule has 36 heavy (non-hydrogen) atoms. The standard InChI is InChI=1S/C26H30F3N3O4/c1-16-11-19(14-25(2,13-16)15-33)32-22-9-3-17(4-10-23(34)35)12-21(22)31-24(32)30-18-5-7-20(8-6-18)36-26(27,28)29/h3,5-9,12,16,19,33H,4,10-11,13-15H2,1-2H3,(H,30,31)(H,34,35). The SMILES string of the molecule is CC1CC(n2c(Nc3ccc(OC(F)(F)F)cc3)nc3cc(CCC(=O)O)ccc32)CC(C)(CO)C1. The van der Waals surface area contributed by atoms with Gasteiger partial charge in [-0.3, -0.25) is 4.79 Å². The van der Waals surface area contributed by atoms with Crippen LogP contribution < -0.4 is 10.1 Å². The average molecular weight is 506 g/mol. The number of aryl methyl sites for hydroxylation is 1. The smallest absolute Gasteiger partial charge is 0.481 e. The van der Waals surface area contributed by atoms with E-state index in [1.165, 1.54) is 24.3 Å². The van der Waals surface area contributed by atoms with Gasteiger partial charge in [0.05, 0.1) is 11.0 Å². The Balaban J connectivity index is 1.71. The Labute approximate surface area is 206 Å². The van der Waals surface area contributed by atoms with Crippen LogP contribution in [-0.4, -0.2) is 38.7 Å². The van der Waals surface area contributed by atoms with E-state index in [0.717, 1.165) is 30.3 Å². The summed E-state index contributed by atoms with van der Waals surface area (Å²) in [6.07, 6.45) is -1.83. The fourth-order valence-electron chi connectivity index (χ4n) is 5.33. The van der Waals surface area contributed by atoms with Crippen molar-refractivity contribution in [3.8, 4) is 5.75 Å². The van der Waals surface area contributed by atoms with Crippen LogP contribution in [0.2, 0.25) is 0 Å². The van der Waals surface area contributed by atoms with Crippen LogP contribution in [0.15, 0.2) is 42.5 Å². The minimum absolute atomic E-state index is 0.0126. The molecule has 0 saturated heterocycles. The third-order valence-electron chi connectivity index (χ3n) is 6.72. The number of aromatic nitrogens is 2. The van der Waals surface area contributed by atoms with Crippen LogP contribution in [0.25, 0.3) is 11.0 Å². The Bertz CT molecular complexity index is 1230. The van der Waals surface area contributed by atoms with Crippen LogP contribution in [0.1, 0.15) is 51.1 Å². The molecule has 0 radical (unpaired) electrons. The Morgan fingerprint density at radius 2 is 1.94 bits per heavy atom. The van der Waals surface area contributed by atoms with Gasteiger partial charge in [-0.05, 0) is 79.0 Å². The van der Waals surface area contributed by atoms with Crippen molar-refractivity contribution in [2.45, 2.75) is 58.4 Å². The van der Waals surface area contributed by atoms with Gasteiger partial charge in [0, 0.05) is 24.8 Å². The minimum Gasteiger partial charge on any atom is -0.481 e. The van der Waals surface area contributed by atoms with E-state index in [1.54, 1.807) is 0 Å². The first kappa shape index (κ1) is 25.8. The topological polar surface area (TPSA) is 96.6 Å². The molecule has 1 aromatic heterocycles. The zero-order valence-electron chi connectivity index (χ0n) is 20.2. The number of carboxylic acids is 1. The number of hydrogen-bond acceptors (Lipinski definition) is 5. The first-order valence-corrected chi connectivity index (χ1v) is 11.9. The molecule has 7 nitrogen and oxygen atoms in total. The summed E-state index contributed by atoms with van der Waals surface area (Å²) in [5.41, 5.74) is 2.72. The molecule has 0 aliphatic heterocycles. The first-order valence-electron chi connectivity index (χ1n) is 11.9. The first-order chi connectivity index (χ1) is 16.9. The van der Waals surface area contributed by atoms with Gasteiger partial charge in [0.2, 0.25) is 5.95 Å². The molecule has 4 rings (SSSR count). The number of rotatable bonds is 8. The third-order valence-corrected chi connectivity index (χ3v) is 6.72. The van der Waals surface area contributed by atoms with Crippen molar-refractivity contribution >= 4 is 28.6 Å². The second-order valence-corrected chi connectivity index (χ2v) is 10.1. The lowest BCUT2D eigenvalue weighted by Gasteiger charge is -2.41. The molecular weight excluding hydrogens is 475 g/mol. The molecule has 10 heteroatoms. The average Bonchev–Trinajstić information content (AvgIpc) is 3.14. The summed E-state index contributed by atoms with van der Waals surface area (Å²) in [5.74, 6) is -0.283. The highest BCUT2D eigenvalue weighted by Crippen LogP contribution is 2.46. The van der Waals surface area contributed by atoms with Gasteiger partial charge in [-0.25, -0.2) is 4.98 Å². The molecule has 0 amide bonds. The summed E-state index contributed by atoms with van der Waals surface area (Å²) in [4.78, 5) is 15.8. The monoisotopic (exact) mass is 505 g/mol. The van der Waals surface area contributed by atoms with Crippen LogP contribution >= 0.6 is 0 Å². The van der Waals surface area contributed by atoms with Crippen molar-refractivity contribution in [2.75, 3.05) is 11.9 Å². The number of benzene rings is 2. The maximum atomic E-state index is 12.5. The Kier molecular flexibility index (Phi) is 7.17. The fraction of sp³-hybridized carbons (Fsp3) is 0.462. The summed E-state index contributed by atoms with van der Waals surface area (Å²) >= 11 is 0. The number of aliphatic hydroxyl groups excluding tert-OH is 1. The maximum absolute atomic E-state index is 12.5. The number of nitrogens with zero attached hydrogens (tertiary/aromatic N) is 2. The largest absolute Gasteiger partial charge is 0.573 e. The molecule has 2 aromatic carbocycles. The molecule has 3 atom stereocenters. The van der Waals surface area contributed by atoms with Crippen molar-refractivity contribution in [3.63, 3.8) is 0 Å². The lowest BCUT2D eigenvalue weighted by atomic mass is 9.69. The number of halogens is 3. The molecule has 1 aliphatic carbocycles. The molecule has 0 spiro atoms. The van der Waals surface area contributed by atoms with Gasteiger partial charge in [0.1, 0.15) is 5.75 Å². The molecule has 1 saturated carbocycles. The number of fused-ring (bicyclic) bond motifs is 1. The summed E-state index contributed by atoms with van der Waals surface area (Å²) in [6.45, 7) is 4.31. The number of aliphatic carboxylic acids is 1. The van der Waals surface area contributed by atoms with Gasteiger partial charge in [0.25, 0.3) is 0 Å². The van der Waals surface area contributed by atoms with Crippen LogP contribution in [0.3, 0.4) is 0 Å². The highest BCUT2D eigenvalue weighted by Gasteiger charge is 2.37. The molecule has 0 bridgehead atoms. The molecule has 3 aromatic rings. The molecule has 1 aliphatic rings. The number of carboxylic acid groups (broad SMARTS) is 1. The number of carbonyl (C=O) groups is 1. The van der Waals surface area contributed by atoms with Crippen molar-refractivity contribution < 1.29 is 32.9 Å². The maximum Gasteiger partial charge on any atom is 0.573 e. The van der Waals surface area contributed by atoms with Crippen molar-refractivity contribution in [1.29, 1.82) is 0 Å². The van der Waals surface area contributed by atoms with Gasteiger partial charge < -0.3 is 24.8 Å². The van der Waals surface area contributed by atoms with Crippen LogP contribution in [0.5, 0.6) is 5.75 Å². The number of aliphatic hydroxyl groups is 1. The second-order valence-electron chi connectivity index (χ2n) is 10.1. The number of nitrogens with one attached hydrogen (secondary N) is 1. The van der Waals surface area contributed by atoms with E-state index >= 15 is 0 Å². The Hall–Kier alpha value is -3.27. The van der Waals surface area contributed by atoms with Gasteiger partial charge in [-0.2, -0.15) is 0 Å². The van der Waals surface area contributed by atoms with Crippen LogP contribution in [-0.2, 0) is 11.2 Å². The fourth-order valence-corrected chi connectivity index (χ4v) is 5.33. The van der Waals surface area contributed by atoms with Crippen molar-refractivity contribution in [3.05, 3.63) is 48.0 Å². The number of ether oxygens (including phenoxy) is 1. The van der Waals surface area contributed by atoms with Gasteiger partial charge in [0.15, 0.2) is 0 Å². The van der Waals surface area contributed by atoms with Crippen LogP contribution in [0, 0.1) is 11.3 Å². The summed E-state index contributed by atoms with van der Waals surface area (Å²) in [6, 6.07) is 11.2. The number of anilines is 2. The number of imidazole rings is 1. The van der Waals surface area contributed by atoms with Crippen LogP contribution in [0.4, 0.5) is 24.8 Å². The Morgan fingerprint density at radius 1 is 1.22 bits per heavy atom. The Morgan fingerprint density at radius 3 is 2.58 bits per heavy atom. The van der Waals surface area contributed by atoms with E-state index in [-0.39, 0.29) is 30.2 Å². The third kappa shape index (κ3) is 6.10. The van der Waals surface area contributed by atoms with E-state index < -0.39 is 12.3 Å². The van der Waals surface area contributed by atoms with Gasteiger partial charge in [-0.1, -0.05) is 19.9 Å². The quantitative estimate of drug-likeness (QED) is 0.345. The van der Waals surface area contributed by atoms with E-state index in [2.05, 4.69) is 28.5 Å². The summed E-state index contributed by atoms with van der Waals surface area (Å²) in [5, 5.41) is 22.3. The second kappa shape index (κ2) is 10.0. The highest BCUT2D eigenvalue weighted by atomic mass is 19.4. The van der Waals surface area contributed by atoms with E-state index in [1.807, 2.05) is 18.2 Å². The van der Waals surface area contributed by atoms with Crippen molar-refractivity contribution in [1.82, 2.24) is 9.55 Å². The normalized spacial score (nSPS) is 22.5. The lowest BCUT2D eigenvalue weighted by molar-refractivity contribution is -0.274. The minimum atomic E-state index is -4.77. The molecule has 1 fully saturated rings. The van der Waals surface area contributed by atoms with E-state index in [0.29, 0.717) is 29.5 Å². The predicted molar refractivity (Wildman–Crippen MR) is 129 cm³/mol. The van der Waals surface area contributed by atoms with Gasteiger partial charge in [-0.15, -0.1) is 13.2 Å². The number of hydrogen-bond donors (Lipinski definition) is 3. The number of alkyl halides is 3. The van der Waals surface area contributed by atoms with Crippen molar-refractivity contribution in [2.24, 2.45) is 11.3 Å². The molecule has 3 N–H and O–H groups in total. The molecular formula is C26H30F3N3O4.